The molecule has 39 heavy (non-hydrogen) atoms. The van der Waals surface area contributed by atoms with Gasteiger partial charge in [0.2, 0.25) is 17.6 Å². The fourth-order valence-electron chi connectivity index (χ4n) is 6.68. The molecule has 0 bridgehead atoms. The maximum Gasteiger partial charge on any atom is 0.244 e. The summed E-state index contributed by atoms with van der Waals surface area (Å²) in [6.45, 7) is 1.80. The van der Waals surface area contributed by atoms with Gasteiger partial charge < -0.3 is 16.8 Å². The predicted octanol–water partition coefficient (Wildman–Crippen LogP) is 2.18. The highest BCUT2D eigenvalue weighted by Gasteiger charge is 2.42. The summed E-state index contributed by atoms with van der Waals surface area (Å²) >= 11 is 1.37. The molecular weight excluding hydrogens is 514 g/mol. The molecule has 10 nitrogen and oxygen atoms in total. The molecular formula is C28H39N7O3S. The number of ketones is 1. The van der Waals surface area contributed by atoms with Crippen molar-refractivity contribution in [3.63, 3.8) is 0 Å². The first-order valence-corrected chi connectivity index (χ1v) is 15.0. The largest absolute Gasteiger partial charge is 0.370 e. The van der Waals surface area contributed by atoms with Crippen LogP contribution in [0, 0.1) is 11.8 Å². The van der Waals surface area contributed by atoms with Crippen LogP contribution in [0.2, 0.25) is 0 Å². The molecule has 6 N–H and O–H groups in total. The molecule has 210 valence electrons. The van der Waals surface area contributed by atoms with Gasteiger partial charge in [0.15, 0.2) is 11.0 Å². The van der Waals surface area contributed by atoms with Crippen LogP contribution in [0.4, 0.5) is 0 Å². The zero-order valence-corrected chi connectivity index (χ0v) is 23.1. The lowest BCUT2D eigenvalue weighted by Gasteiger charge is -2.41. The van der Waals surface area contributed by atoms with Crippen molar-refractivity contribution in [2.45, 2.75) is 75.9 Å². The Labute approximate surface area is 233 Å². The Morgan fingerprint density at radius 3 is 2.74 bits per heavy atom. The average molecular weight is 554 g/mol. The fraction of sp³-hybridized carbons (Fsp3) is 0.607. The predicted molar refractivity (Wildman–Crippen MR) is 152 cm³/mol. The molecule has 0 radical (unpaired) electrons. The minimum atomic E-state index is -0.552. The molecule has 2 aromatic rings. The number of imide groups is 1. The van der Waals surface area contributed by atoms with Crippen LogP contribution in [-0.4, -0.2) is 71.2 Å². The number of para-hydroxylation sites is 1. The second-order valence-electron chi connectivity index (χ2n) is 11.0. The number of aliphatic imine (C=N–C) groups is 1. The van der Waals surface area contributed by atoms with Crippen molar-refractivity contribution < 1.29 is 14.4 Å². The number of nitrogens with two attached hydrogens (primary N) is 2. The summed E-state index contributed by atoms with van der Waals surface area (Å²) in [5.74, 6) is 0.191. The van der Waals surface area contributed by atoms with E-state index < -0.39 is 12.1 Å². The fourth-order valence-corrected chi connectivity index (χ4v) is 7.64. The lowest BCUT2D eigenvalue weighted by molar-refractivity contribution is -0.136. The van der Waals surface area contributed by atoms with Gasteiger partial charge in [0.25, 0.3) is 0 Å². The molecule has 1 aromatic heterocycles. The van der Waals surface area contributed by atoms with Crippen molar-refractivity contribution >= 4 is 45.1 Å². The highest BCUT2D eigenvalue weighted by molar-refractivity contribution is 7.20. The Bertz CT molecular complexity index is 1190. The number of piperidine rings is 1. The smallest absolute Gasteiger partial charge is 0.244 e. The molecule has 3 heterocycles. The number of hydrogen-bond acceptors (Lipinski definition) is 8. The Balaban J connectivity index is 1.31. The average Bonchev–Trinajstić information content (AvgIpc) is 3.60. The van der Waals surface area contributed by atoms with Crippen molar-refractivity contribution in [2.24, 2.45) is 28.3 Å². The number of carbonyl (C=O) groups is 3. The number of benzene rings is 1. The van der Waals surface area contributed by atoms with Crippen LogP contribution in [-0.2, 0) is 9.59 Å². The normalized spacial score (nSPS) is 26.1. The molecule has 1 aliphatic carbocycles. The second-order valence-corrected chi connectivity index (χ2v) is 12.0. The van der Waals surface area contributed by atoms with Gasteiger partial charge in [0, 0.05) is 6.54 Å². The third-order valence-electron chi connectivity index (χ3n) is 8.54. The standard InChI is InChI=1S/C28H39N7O3S/c29-28(30)32-14-5-10-20(24(36)27-33-19-9-3-4-12-22(19)39-27)35-16-6-11-21(35)25(37)34-26(38)23-18-8-2-1-7-17(18)13-15-31-23/h3-4,9,12,17-18,20-21,23,31H,1-2,5-8,10-11,13-16H2,(H4,29,30,32)(H,34,37,38)/t17-,18-,20-,21-,23?/m0/s1. The number of likely N-dealkylation sites (tertiary alicyclic amines) is 1. The first-order valence-electron chi connectivity index (χ1n) is 14.2. The van der Waals surface area contributed by atoms with E-state index in [0.29, 0.717) is 43.3 Å². The zero-order valence-electron chi connectivity index (χ0n) is 22.3. The lowest BCUT2D eigenvalue weighted by atomic mass is 9.71. The molecule has 5 atom stereocenters. The van der Waals surface area contributed by atoms with Crippen LogP contribution in [0.3, 0.4) is 0 Å². The van der Waals surface area contributed by atoms with Gasteiger partial charge in [-0.3, -0.25) is 29.6 Å². The van der Waals surface area contributed by atoms with Crippen molar-refractivity contribution in [3.05, 3.63) is 29.3 Å². The summed E-state index contributed by atoms with van der Waals surface area (Å²) in [6, 6.07) is 6.24. The highest BCUT2D eigenvalue weighted by Crippen LogP contribution is 2.37. The molecule has 1 saturated carbocycles. The molecule has 11 heteroatoms. The zero-order chi connectivity index (χ0) is 27.4. The van der Waals surface area contributed by atoms with Crippen LogP contribution in [0.5, 0.6) is 0 Å². The number of fused-ring (bicyclic) bond motifs is 2. The number of thiazole rings is 1. The third-order valence-corrected chi connectivity index (χ3v) is 9.59. The number of carbonyl (C=O) groups excluding carboxylic acids is 3. The maximum absolute atomic E-state index is 13.8. The summed E-state index contributed by atoms with van der Waals surface area (Å²) in [6.07, 6.45) is 8.06. The number of Topliss-reactive ketones (excluding diaryl/α,β-unsaturated/α-hetero) is 1. The maximum atomic E-state index is 13.8. The van der Waals surface area contributed by atoms with Gasteiger partial charge in [0.1, 0.15) is 0 Å². The van der Waals surface area contributed by atoms with E-state index in [1.165, 1.54) is 17.8 Å². The Morgan fingerprint density at radius 2 is 1.92 bits per heavy atom. The van der Waals surface area contributed by atoms with E-state index in [9.17, 15) is 14.4 Å². The number of amides is 2. The van der Waals surface area contributed by atoms with E-state index in [1.807, 2.05) is 29.2 Å². The van der Waals surface area contributed by atoms with Gasteiger partial charge in [0.05, 0.1) is 28.3 Å². The van der Waals surface area contributed by atoms with Crippen LogP contribution in [0.15, 0.2) is 29.3 Å². The van der Waals surface area contributed by atoms with E-state index in [4.69, 9.17) is 11.5 Å². The van der Waals surface area contributed by atoms with Crippen molar-refractivity contribution in [2.75, 3.05) is 19.6 Å². The van der Waals surface area contributed by atoms with E-state index in [2.05, 4.69) is 20.6 Å². The van der Waals surface area contributed by atoms with Gasteiger partial charge in [-0.05, 0) is 75.6 Å². The molecule has 3 aliphatic rings. The van der Waals surface area contributed by atoms with Crippen molar-refractivity contribution in [3.8, 4) is 0 Å². The summed E-state index contributed by atoms with van der Waals surface area (Å²) in [7, 11) is 0. The molecule has 2 amide bonds. The summed E-state index contributed by atoms with van der Waals surface area (Å²) in [5, 5.41) is 6.53. The van der Waals surface area contributed by atoms with Crippen LogP contribution in [0.1, 0.15) is 67.6 Å². The number of guanidine groups is 1. The molecule has 0 spiro atoms. The molecule has 2 saturated heterocycles. The van der Waals surface area contributed by atoms with Gasteiger partial charge in [-0.2, -0.15) is 0 Å². The Hall–Kier alpha value is -2.89. The van der Waals surface area contributed by atoms with Crippen molar-refractivity contribution in [1.82, 2.24) is 20.5 Å². The highest BCUT2D eigenvalue weighted by atomic mass is 32.1. The lowest BCUT2D eigenvalue weighted by Crippen LogP contribution is -2.58. The van der Waals surface area contributed by atoms with Gasteiger partial charge in [-0.15, -0.1) is 11.3 Å². The number of rotatable bonds is 9. The number of nitrogens with one attached hydrogen (secondary N) is 2. The monoisotopic (exact) mass is 553 g/mol. The first kappa shape index (κ1) is 27.7. The summed E-state index contributed by atoms with van der Waals surface area (Å²) in [5.41, 5.74) is 11.8. The summed E-state index contributed by atoms with van der Waals surface area (Å²) in [4.78, 5) is 51.3. The van der Waals surface area contributed by atoms with Crippen LogP contribution in [0.25, 0.3) is 10.2 Å². The summed E-state index contributed by atoms with van der Waals surface area (Å²) < 4.78 is 0.947. The quantitative estimate of drug-likeness (QED) is 0.121. The van der Waals surface area contributed by atoms with Gasteiger partial charge in [-0.25, -0.2) is 4.98 Å². The van der Waals surface area contributed by atoms with Gasteiger partial charge in [-0.1, -0.05) is 31.4 Å². The number of aromatic nitrogens is 1. The molecule has 3 fully saturated rings. The topological polar surface area (TPSA) is 156 Å². The first-order chi connectivity index (χ1) is 18.9. The molecule has 1 unspecified atom stereocenters. The minimum absolute atomic E-state index is 0.0116. The van der Waals surface area contributed by atoms with E-state index in [-0.39, 0.29) is 35.5 Å². The van der Waals surface area contributed by atoms with E-state index in [1.54, 1.807) is 0 Å². The molecule has 2 aliphatic heterocycles. The van der Waals surface area contributed by atoms with Crippen LogP contribution < -0.4 is 22.1 Å². The number of nitrogens with zero attached hydrogens (tertiary/aromatic N) is 3. The Morgan fingerprint density at radius 1 is 1.10 bits per heavy atom. The van der Waals surface area contributed by atoms with Crippen LogP contribution >= 0.6 is 11.3 Å². The molecule has 5 rings (SSSR count). The van der Waals surface area contributed by atoms with E-state index in [0.717, 1.165) is 48.9 Å². The van der Waals surface area contributed by atoms with E-state index >= 15 is 0 Å². The third kappa shape index (κ3) is 6.31. The Kier molecular flexibility index (Phi) is 8.89. The SMILES string of the molecule is NC(N)=NCCC[C@@H](C(=O)c1nc2ccccc2s1)N1CCC[C@H]1C(=O)NC(=O)C1NCC[C@@H]2CCCC[C@H]12. The minimum Gasteiger partial charge on any atom is -0.370 e. The number of hydrogen-bond donors (Lipinski definition) is 4. The van der Waals surface area contributed by atoms with Crippen molar-refractivity contribution in [1.29, 1.82) is 0 Å². The van der Waals surface area contributed by atoms with Gasteiger partial charge >= 0.3 is 0 Å². The second kappa shape index (κ2) is 12.5. The molecule has 1 aromatic carbocycles.